The van der Waals surface area contributed by atoms with E-state index in [1.165, 1.54) is 0 Å². The van der Waals surface area contributed by atoms with Gasteiger partial charge in [0.25, 0.3) is 11.8 Å². The SMILES string of the molecule is O=C(NC1=CN=C(C(=O)N2CCCC2)CC1)c1n[nH]c2ccc(-c3cccnc3)cc12. The lowest BCUT2D eigenvalue weighted by atomic mass is 10.0. The second kappa shape index (κ2) is 8.14. The first-order valence-corrected chi connectivity index (χ1v) is 10.4. The average molecular weight is 414 g/mol. The Kier molecular flexibility index (Phi) is 5.03. The minimum absolute atomic E-state index is 0.0142. The molecule has 3 aromatic rings. The minimum atomic E-state index is -0.301. The first-order chi connectivity index (χ1) is 15.2. The molecule has 8 heteroatoms. The summed E-state index contributed by atoms with van der Waals surface area (Å²) in [5.41, 5.74) is 4.28. The number of nitrogens with one attached hydrogen (secondary N) is 2. The zero-order valence-electron chi connectivity index (χ0n) is 17.0. The molecule has 156 valence electrons. The van der Waals surface area contributed by atoms with Crippen molar-refractivity contribution in [2.24, 2.45) is 4.99 Å². The lowest BCUT2D eigenvalue weighted by Gasteiger charge is -2.19. The number of amides is 2. The Balaban J connectivity index is 1.34. The van der Waals surface area contributed by atoms with Gasteiger partial charge in [0.1, 0.15) is 5.71 Å². The minimum Gasteiger partial charge on any atom is -0.338 e. The van der Waals surface area contributed by atoms with E-state index in [1.54, 1.807) is 18.6 Å². The van der Waals surface area contributed by atoms with Gasteiger partial charge in [-0.05, 0) is 43.0 Å². The Bertz CT molecular complexity index is 1210. The van der Waals surface area contributed by atoms with E-state index in [1.807, 2.05) is 35.2 Å². The first kappa shape index (κ1) is 19.2. The fourth-order valence-corrected chi connectivity index (χ4v) is 4.00. The lowest BCUT2D eigenvalue weighted by Crippen LogP contribution is -2.35. The third-order valence-corrected chi connectivity index (χ3v) is 5.69. The van der Waals surface area contributed by atoms with Gasteiger partial charge in [0.05, 0.1) is 5.52 Å². The normalized spacial score (nSPS) is 16.2. The number of aromatic amines is 1. The van der Waals surface area contributed by atoms with Crippen molar-refractivity contribution in [1.29, 1.82) is 0 Å². The van der Waals surface area contributed by atoms with Crippen LogP contribution in [0, 0.1) is 0 Å². The summed E-state index contributed by atoms with van der Waals surface area (Å²) in [5.74, 6) is -0.286. The van der Waals surface area contributed by atoms with Gasteiger partial charge in [-0.1, -0.05) is 12.1 Å². The lowest BCUT2D eigenvalue weighted by molar-refractivity contribution is -0.123. The molecule has 2 aliphatic rings. The van der Waals surface area contributed by atoms with Crippen LogP contribution in [0.4, 0.5) is 0 Å². The summed E-state index contributed by atoms with van der Waals surface area (Å²) in [7, 11) is 0. The number of nitrogens with zero attached hydrogens (tertiary/aromatic N) is 4. The number of aliphatic imine (C=N–C) groups is 1. The van der Waals surface area contributed by atoms with Gasteiger partial charge in [-0.3, -0.25) is 24.7 Å². The summed E-state index contributed by atoms with van der Waals surface area (Å²) in [6.07, 6.45) is 8.28. The molecular weight excluding hydrogens is 392 g/mol. The molecule has 2 amide bonds. The number of benzene rings is 1. The predicted molar refractivity (Wildman–Crippen MR) is 117 cm³/mol. The van der Waals surface area contributed by atoms with Crippen molar-refractivity contribution in [2.75, 3.05) is 13.1 Å². The molecule has 0 atom stereocenters. The maximum absolute atomic E-state index is 12.9. The standard InChI is InChI=1S/C23H22N6O2/c30-22(26-17-6-8-20(25-14-17)23(31)29-10-1-2-11-29)21-18-12-15(5-7-19(18)27-28-21)16-4-3-9-24-13-16/h3-5,7,9,12-14H,1-2,6,8,10-11H2,(H,26,30)(H,27,28). The second-order valence-electron chi connectivity index (χ2n) is 7.76. The van der Waals surface area contributed by atoms with Crippen LogP contribution in [-0.4, -0.2) is 50.7 Å². The number of hydrogen-bond donors (Lipinski definition) is 2. The van der Waals surface area contributed by atoms with E-state index < -0.39 is 0 Å². The van der Waals surface area contributed by atoms with Crippen LogP contribution in [0.3, 0.4) is 0 Å². The van der Waals surface area contributed by atoms with Crippen molar-refractivity contribution in [3.8, 4) is 11.1 Å². The highest BCUT2D eigenvalue weighted by Gasteiger charge is 2.24. The topological polar surface area (TPSA) is 103 Å². The quantitative estimate of drug-likeness (QED) is 0.685. The van der Waals surface area contributed by atoms with Crippen LogP contribution in [-0.2, 0) is 4.79 Å². The van der Waals surface area contributed by atoms with Gasteiger partial charge >= 0.3 is 0 Å². The van der Waals surface area contributed by atoms with Crippen LogP contribution >= 0.6 is 0 Å². The van der Waals surface area contributed by atoms with Crippen molar-refractivity contribution >= 4 is 28.4 Å². The van der Waals surface area contributed by atoms with E-state index >= 15 is 0 Å². The highest BCUT2D eigenvalue weighted by atomic mass is 16.2. The molecule has 2 aromatic heterocycles. The summed E-state index contributed by atoms with van der Waals surface area (Å²) in [4.78, 5) is 35.7. The molecular formula is C23H22N6O2. The number of pyridine rings is 1. The van der Waals surface area contributed by atoms with E-state index in [4.69, 9.17) is 0 Å². The number of aromatic nitrogens is 3. The number of rotatable bonds is 4. The molecule has 4 heterocycles. The first-order valence-electron chi connectivity index (χ1n) is 10.4. The van der Waals surface area contributed by atoms with Crippen LogP contribution in [0.25, 0.3) is 22.0 Å². The van der Waals surface area contributed by atoms with E-state index in [9.17, 15) is 9.59 Å². The Morgan fingerprint density at radius 1 is 1.06 bits per heavy atom. The number of hydrogen-bond acceptors (Lipinski definition) is 5. The van der Waals surface area contributed by atoms with Crippen molar-refractivity contribution in [3.63, 3.8) is 0 Å². The Hall–Kier alpha value is -3.81. The largest absolute Gasteiger partial charge is 0.338 e. The molecule has 0 radical (unpaired) electrons. The van der Waals surface area contributed by atoms with Crippen LogP contribution in [0.15, 0.2) is 59.6 Å². The molecule has 8 nitrogen and oxygen atoms in total. The number of fused-ring (bicyclic) bond motifs is 1. The highest BCUT2D eigenvalue weighted by molar-refractivity contribution is 6.39. The van der Waals surface area contributed by atoms with Gasteiger partial charge in [-0.25, -0.2) is 0 Å². The third kappa shape index (κ3) is 3.84. The van der Waals surface area contributed by atoms with Gasteiger partial charge in [-0.15, -0.1) is 0 Å². The summed E-state index contributed by atoms with van der Waals surface area (Å²) in [5, 5.41) is 10.8. The Morgan fingerprint density at radius 2 is 1.94 bits per heavy atom. The maximum Gasteiger partial charge on any atom is 0.276 e. The van der Waals surface area contributed by atoms with Crippen molar-refractivity contribution in [2.45, 2.75) is 25.7 Å². The van der Waals surface area contributed by atoms with E-state index in [0.717, 1.165) is 48.0 Å². The number of carbonyl (C=O) groups excluding carboxylic acids is 2. The second-order valence-corrected chi connectivity index (χ2v) is 7.76. The molecule has 1 aromatic carbocycles. The average Bonchev–Trinajstić information content (AvgIpc) is 3.49. The van der Waals surface area contributed by atoms with Crippen LogP contribution < -0.4 is 5.32 Å². The van der Waals surface area contributed by atoms with E-state index in [2.05, 4.69) is 25.5 Å². The molecule has 1 fully saturated rings. The maximum atomic E-state index is 12.9. The van der Waals surface area contributed by atoms with Gasteiger partial charge in [-0.2, -0.15) is 5.10 Å². The van der Waals surface area contributed by atoms with Gasteiger partial charge < -0.3 is 10.2 Å². The van der Waals surface area contributed by atoms with Gasteiger partial charge in [0, 0.05) is 54.8 Å². The summed E-state index contributed by atoms with van der Waals surface area (Å²) >= 11 is 0. The number of H-pyrrole nitrogens is 1. The van der Waals surface area contributed by atoms with Crippen molar-refractivity contribution in [3.05, 3.63) is 60.3 Å². The summed E-state index contributed by atoms with van der Waals surface area (Å²) in [6.45, 7) is 1.61. The van der Waals surface area contributed by atoms with Gasteiger partial charge in [0.2, 0.25) is 0 Å². The zero-order chi connectivity index (χ0) is 21.2. The summed E-state index contributed by atoms with van der Waals surface area (Å²) in [6, 6.07) is 9.66. The molecule has 0 bridgehead atoms. The van der Waals surface area contributed by atoms with Crippen LogP contribution in [0.2, 0.25) is 0 Å². The fourth-order valence-electron chi connectivity index (χ4n) is 4.00. The van der Waals surface area contributed by atoms with E-state index in [-0.39, 0.29) is 11.8 Å². The number of allylic oxidation sites excluding steroid dienone is 1. The zero-order valence-corrected chi connectivity index (χ0v) is 17.0. The molecule has 0 aliphatic carbocycles. The number of carbonyl (C=O) groups is 2. The molecule has 0 spiro atoms. The molecule has 1 saturated heterocycles. The smallest absolute Gasteiger partial charge is 0.276 e. The van der Waals surface area contributed by atoms with Crippen molar-refractivity contribution in [1.82, 2.24) is 25.4 Å². The fraction of sp³-hybridized carbons (Fsp3) is 0.261. The van der Waals surface area contributed by atoms with E-state index in [0.29, 0.717) is 29.9 Å². The molecule has 2 aliphatic heterocycles. The van der Waals surface area contributed by atoms with Gasteiger partial charge in [0.15, 0.2) is 5.69 Å². The third-order valence-electron chi connectivity index (χ3n) is 5.69. The molecule has 0 saturated carbocycles. The Morgan fingerprint density at radius 3 is 2.68 bits per heavy atom. The van der Waals surface area contributed by atoms with Crippen molar-refractivity contribution < 1.29 is 9.59 Å². The monoisotopic (exact) mass is 414 g/mol. The highest BCUT2D eigenvalue weighted by Crippen LogP contribution is 2.25. The molecule has 5 rings (SSSR count). The Labute approximate surface area is 179 Å². The molecule has 31 heavy (non-hydrogen) atoms. The summed E-state index contributed by atoms with van der Waals surface area (Å²) < 4.78 is 0. The molecule has 0 unspecified atom stereocenters. The van der Waals surface area contributed by atoms with Crippen LogP contribution in [0.1, 0.15) is 36.2 Å². The molecule has 2 N–H and O–H groups in total. The van der Waals surface area contributed by atoms with Crippen LogP contribution in [0.5, 0.6) is 0 Å². The predicted octanol–water partition coefficient (Wildman–Crippen LogP) is 3.05. The number of likely N-dealkylation sites (tertiary alicyclic amines) is 1.